The van der Waals surface area contributed by atoms with Crippen molar-refractivity contribution < 1.29 is 14.0 Å². The minimum absolute atomic E-state index is 0.103. The summed E-state index contributed by atoms with van der Waals surface area (Å²) in [6.45, 7) is 2.26. The number of fused-ring (bicyclic) bond motifs is 1. The zero-order chi connectivity index (χ0) is 22.7. The molecule has 4 rings (SSSR count). The molecule has 0 fully saturated rings. The van der Waals surface area contributed by atoms with Crippen molar-refractivity contribution in [2.45, 2.75) is 13.5 Å². The lowest BCUT2D eigenvalue weighted by Crippen LogP contribution is -2.30. The SMILES string of the molecule is Cc1ccc(CNC(=O)/C(C#N)=C2\N=C(NC(=O)c3ccc(Br)o3)c3ccccc32)cc1. The third kappa shape index (κ3) is 4.38. The van der Waals surface area contributed by atoms with Gasteiger partial charge in [0, 0.05) is 17.7 Å². The van der Waals surface area contributed by atoms with E-state index >= 15 is 0 Å². The van der Waals surface area contributed by atoms with Gasteiger partial charge in [0.05, 0.1) is 5.70 Å². The van der Waals surface area contributed by atoms with Gasteiger partial charge in [-0.1, -0.05) is 54.1 Å². The molecular weight excluding hydrogens is 472 g/mol. The van der Waals surface area contributed by atoms with Crippen LogP contribution in [0.1, 0.15) is 32.8 Å². The fourth-order valence-corrected chi connectivity index (χ4v) is 3.51. The average molecular weight is 489 g/mol. The molecule has 32 heavy (non-hydrogen) atoms. The summed E-state index contributed by atoms with van der Waals surface area (Å²) in [6.07, 6.45) is 0. The summed E-state index contributed by atoms with van der Waals surface area (Å²) < 4.78 is 5.70. The molecule has 7 nitrogen and oxygen atoms in total. The quantitative estimate of drug-likeness (QED) is 0.425. The monoisotopic (exact) mass is 488 g/mol. The Bertz CT molecular complexity index is 1310. The number of halogens is 1. The second kappa shape index (κ2) is 9.04. The molecular formula is C24H17BrN4O3. The lowest BCUT2D eigenvalue weighted by molar-refractivity contribution is -0.117. The van der Waals surface area contributed by atoms with E-state index in [2.05, 4.69) is 31.6 Å². The van der Waals surface area contributed by atoms with Crippen LogP contribution in [-0.4, -0.2) is 17.6 Å². The first-order valence-electron chi connectivity index (χ1n) is 9.69. The van der Waals surface area contributed by atoms with E-state index in [0.29, 0.717) is 15.8 Å². The van der Waals surface area contributed by atoms with Crippen molar-refractivity contribution in [3.05, 3.63) is 98.9 Å². The molecule has 2 N–H and O–H groups in total. The Labute approximate surface area is 192 Å². The number of hydrogen-bond acceptors (Lipinski definition) is 5. The first-order chi connectivity index (χ1) is 15.5. The van der Waals surface area contributed by atoms with Crippen LogP contribution in [-0.2, 0) is 11.3 Å². The predicted octanol–water partition coefficient (Wildman–Crippen LogP) is 4.09. The van der Waals surface area contributed by atoms with Gasteiger partial charge in [-0.05, 0) is 40.5 Å². The largest absolute Gasteiger partial charge is 0.444 e. The zero-order valence-electron chi connectivity index (χ0n) is 17.0. The number of furan rings is 1. The number of nitrogens with zero attached hydrogens (tertiary/aromatic N) is 2. The molecule has 8 heteroatoms. The molecule has 0 saturated heterocycles. The first kappa shape index (κ1) is 21.3. The molecule has 0 radical (unpaired) electrons. The number of nitriles is 1. The number of hydrogen-bond donors (Lipinski definition) is 2. The Morgan fingerprint density at radius 1 is 1.06 bits per heavy atom. The van der Waals surface area contributed by atoms with Gasteiger partial charge >= 0.3 is 0 Å². The standard InChI is InChI=1S/C24H17BrN4O3/c1-14-6-8-15(9-7-14)13-27-23(30)18(12-26)21-16-4-2-3-5-17(16)22(28-21)29-24(31)19-10-11-20(25)32-19/h2-11H,13H2,1H3,(H,27,30)(H,28,29,31)/b21-18-. The number of rotatable bonds is 4. The third-order valence-corrected chi connectivity index (χ3v) is 5.27. The summed E-state index contributed by atoms with van der Waals surface area (Å²) in [5, 5.41) is 15.2. The number of amidine groups is 1. The highest BCUT2D eigenvalue weighted by atomic mass is 79.9. The Morgan fingerprint density at radius 2 is 1.78 bits per heavy atom. The molecule has 0 bridgehead atoms. The van der Waals surface area contributed by atoms with E-state index in [-0.39, 0.29) is 29.4 Å². The van der Waals surface area contributed by atoms with Crippen molar-refractivity contribution in [2.75, 3.05) is 0 Å². The van der Waals surface area contributed by atoms with Gasteiger partial charge in [-0.15, -0.1) is 0 Å². The Morgan fingerprint density at radius 3 is 2.44 bits per heavy atom. The van der Waals surface area contributed by atoms with Crippen molar-refractivity contribution in [2.24, 2.45) is 4.99 Å². The molecule has 0 aliphatic carbocycles. The topological polar surface area (TPSA) is 107 Å². The summed E-state index contributed by atoms with van der Waals surface area (Å²) in [6, 6.07) is 19.9. The maximum atomic E-state index is 12.8. The summed E-state index contributed by atoms with van der Waals surface area (Å²) in [7, 11) is 0. The van der Waals surface area contributed by atoms with E-state index < -0.39 is 11.8 Å². The van der Waals surface area contributed by atoms with Crippen molar-refractivity contribution in [3.63, 3.8) is 0 Å². The van der Waals surface area contributed by atoms with Crippen LogP contribution in [0.3, 0.4) is 0 Å². The maximum absolute atomic E-state index is 12.8. The lowest BCUT2D eigenvalue weighted by Gasteiger charge is -2.07. The van der Waals surface area contributed by atoms with Gasteiger partial charge in [0.25, 0.3) is 11.8 Å². The van der Waals surface area contributed by atoms with Crippen LogP contribution < -0.4 is 10.6 Å². The fraction of sp³-hybridized carbons (Fsp3) is 0.0833. The summed E-state index contributed by atoms with van der Waals surface area (Å²) in [5.74, 6) is -0.685. The van der Waals surface area contributed by atoms with E-state index in [9.17, 15) is 14.9 Å². The second-order valence-corrected chi connectivity index (χ2v) is 7.85. The van der Waals surface area contributed by atoms with Crippen LogP contribution >= 0.6 is 15.9 Å². The lowest BCUT2D eigenvalue weighted by atomic mass is 10.0. The van der Waals surface area contributed by atoms with E-state index in [4.69, 9.17) is 4.42 Å². The highest BCUT2D eigenvalue weighted by molar-refractivity contribution is 9.10. The minimum Gasteiger partial charge on any atom is -0.444 e. The molecule has 0 spiro atoms. The van der Waals surface area contributed by atoms with E-state index in [1.165, 1.54) is 6.07 Å². The van der Waals surface area contributed by atoms with Crippen molar-refractivity contribution in [3.8, 4) is 6.07 Å². The van der Waals surface area contributed by atoms with Gasteiger partial charge in [-0.25, -0.2) is 4.99 Å². The number of carbonyl (C=O) groups excluding carboxylic acids is 2. The molecule has 2 heterocycles. The molecule has 3 aromatic rings. The molecule has 0 unspecified atom stereocenters. The fourth-order valence-electron chi connectivity index (χ4n) is 3.21. The summed E-state index contributed by atoms with van der Waals surface area (Å²) in [5.41, 5.74) is 3.31. The van der Waals surface area contributed by atoms with Gasteiger partial charge in [-0.2, -0.15) is 5.26 Å². The second-order valence-electron chi connectivity index (χ2n) is 7.07. The molecule has 0 saturated carbocycles. The average Bonchev–Trinajstić information content (AvgIpc) is 3.38. The molecule has 1 aromatic heterocycles. The highest BCUT2D eigenvalue weighted by Gasteiger charge is 2.27. The first-order valence-corrected chi connectivity index (χ1v) is 10.5. The van der Waals surface area contributed by atoms with E-state index in [1.54, 1.807) is 30.3 Å². The van der Waals surface area contributed by atoms with Gasteiger partial charge in [0.2, 0.25) is 0 Å². The maximum Gasteiger partial charge on any atom is 0.292 e. The van der Waals surface area contributed by atoms with Crippen molar-refractivity contribution in [1.29, 1.82) is 5.26 Å². The van der Waals surface area contributed by atoms with Crippen LogP contribution in [0.5, 0.6) is 0 Å². The number of benzene rings is 2. The molecule has 1 aliphatic rings. The van der Waals surface area contributed by atoms with Crippen LogP contribution in [0.2, 0.25) is 0 Å². The van der Waals surface area contributed by atoms with Gasteiger partial charge in [0.15, 0.2) is 10.4 Å². The van der Waals surface area contributed by atoms with Crippen molar-refractivity contribution >= 4 is 39.3 Å². The van der Waals surface area contributed by atoms with Gasteiger partial charge < -0.3 is 15.1 Å². The molecule has 158 valence electrons. The Balaban J connectivity index is 1.62. The summed E-state index contributed by atoms with van der Waals surface area (Å²) in [4.78, 5) is 29.7. The number of nitrogens with one attached hydrogen (secondary N) is 2. The molecule has 1 aliphatic heterocycles. The summed E-state index contributed by atoms with van der Waals surface area (Å²) >= 11 is 3.16. The molecule has 2 aromatic carbocycles. The number of aliphatic imine (C=N–C) groups is 1. The van der Waals surface area contributed by atoms with Crippen LogP contribution in [0, 0.1) is 18.3 Å². The number of carbonyl (C=O) groups is 2. The van der Waals surface area contributed by atoms with E-state index in [1.807, 2.05) is 37.3 Å². The van der Waals surface area contributed by atoms with E-state index in [0.717, 1.165) is 11.1 Å². The van der Waals surface area contributed by atoms with Crippen molar-refractivity contribution in [1.82, 2.24) is 10.6 Å². The smallest absolute Gasteiger partial charge is 0.292 e. The third-order valence-electron chi connectivity index (χ3n) is 4.84. The zero-order valence-corrected chi connectivity index (χ0v) is 18.6. The van der Waals surface area contributed by atoms with Crippen LogP contribution in [0.4, 0.5) is 0 Å². The van der Waals surface area contributed by atoms with Crippen LogP contribution in [0.15, 0.2) is 80.3 Å². The number of aryl methyl sites for hydroxylation is 1. The molecule has 0 atom stereocenters. The van der Waals surface area contributed by atoms with Crippen LogP contribution in [0.25, 0.3) is 5.70 Å². The Hall–Kier alpha value is -3.96. The minimum atomic E-state index is -0.538. The Kier molecular flexibility index (Phi) is 6.01. The van der Waals surface area contributed by atoms with Gasteiger partial charge in [0.1, 0.15) is 17.5 Å². The van der Waals surface area contributed by atoms with Gasteiger partial charge in [-0.3, -0.25) is 9.59 Å². The molecule has 2 amide bonds. The predicted molar refractivity (Wildman–Crippen MR) is 122 cm³/mol. The normalized spacial score (nSPS) is 13.6. The highest BCUT2D eigenvalue weighted by Crippen LogP contribution is 2.30. The number of amides is 2.